The molecule has 1 heterocycles. The van der Waals surface area contributed by atoms with Gasteiger partial charge in [-0.25, -0.2) is 0 Å². The van der Waals surface area contributed by atoms with Crippen molar-refractivity contribution in [1.82, 2.24) is 4.98 Å². The van der Waals surface area contributed by atoms with E-state index >= 15 is 0 Å². The van der Waals surface area contributed by atoms with Crippen LogP contribution in [0.25, 0.3) is 0 Å². The Balaban J connectivity index is 2.00. The maximum atomic E-state index is 5.86. The molecule has 0 unspecified atom stereocenters. The van der Waals surface area contributed by atoms with Gasteiger partial charge in [0, 0.05) is 24.4 Å². The van der Waals surface area contributed by atoms with Gasteiger partial charge in [0.05, 0.1) is 13.7 Å². The molecule has 0 saturated heterocycles. The average Bonchev–Trinajstić information content (AvgIpc) is 2.50. The van der Waals surface area contributed by atoms with Gasteiger partial charge in [-0.1, -0.05) is 12.1 Å². The van der Waals surface area contributed by atoms with Crippen molar-refractivity contribution in [2.45, 2.75) is 12.8 Å². The fraction of sp³-hybridized carbons (Fsp3) is 0.312. The van der Waals surface area contributed by atoms with Gasteiger partial charge in [0.1, 0.15) is 11.5 Å². The van der Waals surface area contributed by atoms with E-state index in [9.17, 15) is 0 Å². The molecule has 0 amide bonds. The first-order chi connectivity index (χ1) is 9.83. The van der Waals surface area contributed by atoms with E-state index < -0.39 is 0 Å². The third kappa shape index (κ3) is 3.96. The highest BCUT2D eigenvalue weighted by Gasteiger charge is 2.05. The van der Waals surface area contributed by atoms with E-state index in [1.165, 1.54) is 0 Å². The molecule has 4 nitrogen and oxygen atoms in total. The third-order valence-corrected chi connectivity index (χ3v) is 3.03. The highest BCUT2D eigenvalue weighted by atomic mass is 16.5. The lowest BCUT2D eigenvalue weighted by molar-refractivity contribution is 0.314. The second kappa shape index (κ2) is 7.50. The first kappa shape index (κ1) is 14.3. The standard InChI is InChI=1S/C16H20N2O2/c1-19-15-6-5-13(7-9-17)16(12-15)20-11-8-14-4-2-3-10-18-14/h2-6,10,12H,7-9,11,17H2,1H3. The highest BCUT2D eigenvalue weighted by Crippen LogP contribution is 2.25. The zero-order valence-corrected chi connectivity index (χ0v) is 11.7. The Morgan fingerprint density at radius 2 is 2.05 bits per heavy atom. The minimum absolute atomic E-state index is 0.585. The van der Waals surface area contributed by atoms with Gasteiger partial charge in [-0.3, -0.25) is 4.98 Å². The zero-order chi connectivity index (χ0) is 14.2. The van der Waals surface area contributed by atoms with Crippen molar-refractivity contribution < 1.29 is 9.47 Å². The summed E-state index contributed by atoms with van der Waals surface area (Å²) in [5, 5.41) is 0. The Morgan fingerprint density at radius 1 is 1.15 bits per heavy atom. The molecule has 106 valence electrons. The zero-order valence-electron chi connectivity index (χ0n) is 11.7. The molecule has 0 spiro atoms. The molecule has 0 atom stereocenters. The molecule has 0 radical (unpaired) electrons. The fourth-order valence-corrected chi connectivity index (χ4v) is 1.97. The van der Waals surface area contributed by atoms with Crippen LogP contribution in [-0.2, 0) is 12.8 Å². The molecular weight excluding hydrogens is 252 g/mol. The molecule has 2 aromatic rings. The van der Waals surface area contributed by atoms with Crippen LogP contribution in [-0.4, -0.2) is 25.2 Å². The second-order valence-corrected chi connectivity index (χ2v) is 4.43. The summed E-state index contributed by atoms with van der Waals surface area (Å²) in [7, 11) is 1.65. The first-order valence-corrected chi connectivity index (χ1v) is 6.73. The van der Waals surface area contributed by atoms with Crippen LogP contribution in [0.1, 0.15) is 11.3 Å². The number of aromatic nitrogens is 1. The summed E-state index contributed by atoms with van der Waals surface area (Å²) in [5.74, 6) is 1.63. The molecule has 0 aliphatic carbocycles. The van der Waals surface area contributed by atoms with Crippen molar-refractivity contribution in [2.24, 2.45) is 5.73 Å². The van der Waals surface area contributed by atoms with E-state index in [2.05, 4.69) is 4.98 Å². The Labute approximate surface area is 119 Å². The molecule has 0 aliphatic heterocycles. The van der Waals surface area contributed by atoms with Crippen LogP contribution in [0.2, 0.25) is 0 Å². The molecule has 0 aliphatic rings. The summed E-state index contributed by atoms with van der Waals surface area (Å²) in [4.78, 5) is 4.28. The Morgan fingerprint density at radius 3 is 2.75 bits per heavy atom. The summed E-state index contributed by atoms with van der Waals surface area (Å²) in [6.45, 7) is 1.19. The molecule has 2 N–H and O–H groups in total. The maximum Gasteiger partial charge on any atom is 0.126 e. The normalized spacial score (nSPS) is 10.3. The van der Waals surface area contributed by atoms with Crippen molar-refractivity contribution in [3.8, 4) is 11.5 Å². The number of hydrogen-bond acceptors (Lipinski definition) is 4. The molecule has 0 fully saturated rings. The summed E-state index contributed by atoms with van der Waals surface area (Å²) in [6, 6.07) is 11.7. The van der Waals surface area contributed by atoms with Gasteiger partial charge in [0.15, 0.2) is 0 Å². The Bertz CT molecular complexity index is 529. The minimum Gasteiger partial charge on any atom is -0.497 e. The van der Waals surface area contributed by atoms with Gasteiger partial charge in [-0.15, -0.1) is 0 Å². The molecule has 1 aromatic heterocycles. The van der Waals surface area contributed by atoms with E-state index in [1.807, 2.05) is 36.4 Å². The summed E-state index contributed by atoms with van der Waals surface area (Å²) in [6.07, 6.45) is 3.36. The van der Waals surface area contributed by atoms with Crippen LogP contribution < -0.4 is 15.2 Å². The van der Waals surface area contributed by atoms with Gasteiger partial charge in [-0.05, 0) is 36.7 Å². The number of rotatable bonds is 7. The van der Waals surface area contributed by atoms with Crippen LogP contribution in [0.4, 0.5) is 0 Å². The predicted molar refractivity (Wildman–Crippen MR) is 79.2 cm³/mol. The predicted octanol–water partition coefficient (Wildman–Crippen LogP) is 2.21. The van der Waals surface area contributed by atoms with Crippen LogP contribution in [0.5, 0.6) is 11.5 Å². The lowest BCUT2D eigenvalue weighted by atomic mass is 10.1. The van der Waals surface area contributed by atoms with Gasteiger partial charge < -0.3 is 15.2 Å². The SMILES string of the molecule is COc1ccc(CCN)c(OCCc2ccccn2)c1. The smallest absolute Gasteiger partial charge is 0.126 e. The van der Waals surface area contributed by atoms with Crippen molar-refractivity contribution >= 4 is 0 Å². The molecule has 20 heavy (non-hydrogen) atoms. The number of ether oxygens (including phenoxy) is 2. The van der Waals surface area contributed by atoms with Crippen molar-refractivity contribution in [3.63, 3.8) is 0 Å². The maximum absolute atomic E-state index is 5.86. The molecule has 4 heteroatoms. The second-order valence-electron chi connectivity index (χ2n) is 4.43. The Kier molecular flexibility index (Phi) is 5.38. The molecule has 0 saturated carbocycles. The minimum atomic E-state index is 0.585. The number of benzene rings is 1. The highest BCUT2D eigenvalue weighted by molar-refractivity contribution is 5.41. The number of pyridine rings is 1. The van der Waals surface area contributed by atoms with Gasteiger partial charge in [0.2, 0.25) is 0 Å². The first-order valence-electron chi connectivity index (χ1n) is 6.73. The molecule has 0 bridgehead atoms. The van der Waals surface area contributed by atoms with Crippen LogP contribution >= 0.6 is 0 Å². The lowest BCUT2D eigenvalue weighted by Gasteiger charge is -2.12. The van der Waals surface area contributed by atoms with E-state index in [1.54, 1.807) is 13.3 Å². The summed E-state index contributed by atoms with van der Waals surface area (Å²) < 4.78 is 11.1. The van der Waals surface area contributed by atoms with Crippen molar-refractivity contribution in [3.05, 3.63) is 53.9 Å². The van der Waals surface area contributed by atoms with Gasteiger partial charge >= 0.3 is 0 Å². The van der Waals surface area contributed by atoms with Crippen molar-refractivity contribution in [1.29, 1.82) is 0 Å². The van der Waals surface area contributed by atoms with Crippen LogP contribution in [0, 0.1) is 0 Å². The quantitative estimate of drug-likeness (QED) is 0.839. The Hall–Kier alpha value is -2.07. The largest absolute Gasteiger partial charge is 0.497 e. The average molecular weight is 272 g/mol. The van der Waals surface area contributed by atoms with Crippen molar-refractivity contribution in [2.75, 3.05) is 20.3 Å². The fourth-order valence-electron chi connectivity index (χ4n) is 1.97. The number of nitrogens with zero attached hydrogens (tertiary/aromatic N) is 1. The third-order valence-electron chi connectivity index (χ3n) is 3.03. The molecule has 2 rings (SSSR count). The van der Waals surface area contributed by atoms with E-state index in [0.29, 0.717) is 13.2 Å². The van der Waals surface area contributed by atoms with Crippen LogP contribution in [0.3, 0.4) is 0 Å². The van der Waals surface area contributed by atoms with E-state index in [4.69, 9.17) is 15.2 Å². The molecular formula is C16H20N2O2. The number of methoxy groups -OCH3 is 1. The van der Waals surface area contributed by atoms with Gasteiger partial charge in [0.25, 0.3) is 0 Å². The van der Waals surface area contributed by atoms with E-state index in [-0.39, 0.29) is 0 Å². The summed E-state index contributed by atoms with van der Waals surface area (Å²) >= 11 is 0. The van der Waals surface area contributed by atoms with Gasteiger partial charge in [-0.2, -0.15) is 0 Å². The number of nitrogens with two attached hydrogens (primary N) is 1. The van der Waals surface area contributed by atoms with E-state index in [0.717, 1.165) is 35.6 Å². The monoisotopic (exact) mass is 272 g/mol. The molecule has 1 aromatic carbocycles. The summed E-state index contributed by atoms with van der Waals surface area (Å²) in [5.41, 5.74) is 7.75. The lowest BCUT2D eigenvalue weighted by Crippen LogP contribution is -2.08. The number of hydrogen-bond donors (Lipinski definition) is 1. The topological polar surface area (TPSA) is 57.4 Å². The van der Waals surface area contributed by atoms with Crippen LogP contribution in [0.15, 0.2) is 42.6 Å².